The standard InChI is InChI=1S/C17H24N2O2/c1-21-16-7-3-2-5-14(16)12-19(15-8-9-15)17(20)13-6-4-10-18-11-13/h2-3,5,7,13,15,18H,4,6,8-12H2,1H3/t13-/m0/s1. The number of hydrogen-bond donors (Lipinski definition) is 1. The molecule has 1 amide bonds. The lowest BCUT2D eigenvalue weighted by atomic mass is 9.97. The summed E-state index contributed by atoms with van der Waals surface area (Å²) in [7, 11) is 1.69. The number of para-hydroxylation sites is 1. The van der Waals surface area contributed by atoms with E-state index in [-0.39, 0.29) is 5.92 Å². The zero-order valence-corrected chi connectivity index (χ0v) is 12.7. The number of benzene rings is 1. The van der Waals surface area contributed by atoms with Crippen molar-refractivity contribution in [1.82, 2.24) is 10.2 Å². The monoisotopic (exact) mass is 288 g/mol. The van der Waals surface area contributed by atoms with Gasteiger partial charge in [0.2, 0.25) is 5.91 Å². The molecule has 1 aromatic carbocycles. The maximum atomic E-state index is 12.8. The van der Waals surface area contributed by atoms with Gasteiger partial charge in [-0.05, 0) is 38.3 Å². The Bertz CT molecular complexity index is 493. The van der Waals surface area contributed by atoms with Crippen LogP contribution in [0.15, 0.2) is 24.3 Å². The van der Waals surface area contributed by atoms with Gasteiger partial charge in [0, 0.05) is 24.7 Å². The van der Waals surface area contributed by atoms with E-state index < -0.39 is 0 Å². The van der Waals surface area contributed by atoms with Gasteiger partial charge in [0.15, 0.2) is 0 Å². The molecular formula is C17H24N2O2. The third kappa shape index (κ3) is 3.38. The van der Waals surface area contributed by atoms with Crippen LogP contribution in [0, 0.1) is 5.92 Å². The van der Waals surface area contributed by atoms with Crippen molar-refractivity contribution in [1.29, 1.82) is 0 Å². The first-order valence-corrected chi connectivity index (χ1v) is 7.92. The molecule has 114 valence electrons. The molecule has 0 bridgehead atoms. The van der Waals surface area contributed by atoms with Crippen LogP contribution in [-0.2, 0) is 11.3 Å². The number of carbonyl (C=O) groups excluding carboxylic acids is 1. The molecule has 0 unspecified atom stereocenters. The Morgan fingerprint density at radius 2 is 2.14 bits per heavy atom. The lowest BCUT2D eigenvalue weighted by Crippen LogP contribution is -2.43. The molecule has 1 saturated heterocycles. The topological polar surface area (TPSA) is 41.6 Å². The lowest BCUT2D eigenvalue weighted by Gasteiger charge is -2.30. The highest BCUT2D eigenvalue weighted by atomic mass is 16.5. The summed E-state index contributed by atoms with van der Waals surface area (Å²) in [5, 5.41) is 3.34. The fraction of sp³-hybridized carbons (Fsp3) is 0.588. The van der Waals surface area contributed by atoms with Crippen molar-refractivity contribution in [2.24, 2.45) is 5.92 Å². The highest BCUT2D eigenvalue weighted by Gasteiger charge is 2.36. The molecular weight excluding hydrogens is 264 g/mol. The Labute approximate surface area is 126 Å². The molecule has 4 heteroatoms. The maximum absolute atomic E-state index is 12.8. The second-order valence-electron chi connectivity index (χ2n) is 6.05. The van der Waals surface area contributed by atoms with Gasteiger partial charge >= 0.3 is 0 Å². The number of rotatable bonds is 5. The molecule has 1 heterocycles. The summed E-state index contributed by atoms with van der Waals surface area (Å²) in [6, 6.07) is 8.43. The van der Waals surface area contributed by atoms with E-state index in [9.17, 15) is 4.79 Å². The van der Waals surface area contributed by atoms with E-state index in [1.54, 1.807) is 7.11 Å². The number of methoxy groups -OCH3 is 1. The van der Waals surface area contributed by atoms with Gasteiger partial charge in [-0.1, -0.05) is 18.2 Å². The van der Waals surface area contributed by atoms with Crippen molar-refractivity contribution in [3.63, 3.8) is 0 Å². The van der Waals surface area contributed by atoms with Gasteiger partial charge in [0.05, 0.1) is 13.0 Å². The van der Waals surface area contributed by atoms with E-state index in [1.165, 1.54) is 0 Å². The molecule has 21 heavy (non-hydrogen) atoms. The molecule has 1 aromatic rings. The molecule has 4 nitrogen and oxygen atoms in total. The van der Waals surface area contributed by atoms with Crippen molar-refractivity contribution in [2.45, 2.75) is 38.3 Å². The molecule has 1 aliphatic carbocycles. The third-order valence-electron chi connectivity index (χ3n) is 4.45. The van der Waals surface area contributed by atoms with Gasteiger partial charge in [0.25, 0.3) is 0 Å². The highest BCUT2D eigenvalue weighted by molar-refractivity contribution is 5.80. The Balaban J connectivity index is 1.73. The van der Waals surface area contributed by atoms with E-state index in [1.807, 2.05) is 18.2 Å². The quantitative estimate of drug-likeness (QED) is 0.903. The smallest absolute Gasteiger partial charge is 0.227 e. The lowest BCUT2D eigenvalue weighted by molar-refractivity contribution is -0.137. The molecule has 1 saturated carbocycles. The third-order valence-corrected chi connectivity index (χ3v) is 4.45. The summed E-state index contributed by atoms with van der Waals surface area (Å²) >= 11 is 0. The van der Waals surface area contributed by atoms with Crippen molar-refractivity contribution in [3.8, 4) is 5.75 Å². The van der Waals surface area contributed by atoms with Crippen molar-refractivity contribution in [3.05, 3.63) is 29.8 Å². The summed E-state index contributed by atoms with van der Waals surface area (Å²) in [6.45, 7) is 2.54. The van der Waals surface area contributed by atoms with Gasteiger partial charge in [-0.2, -0.15) is 0 Å². The van der Waals surface area contributed by atoms with Crippen molar-refractivity contribution in [2.75, 3.05) is 20.2 Å². The zero-order chi connectivity index (χ0) is 14.7. The number of amides is 1. The number of nitrogens with one attached hydrogen (secondary N) is 1. The minimum atomic E-state index is 0.147. The van der Waals surface area contributed by atoms with Crippen LogP contribution in [-0.4, -0.2) is 37.0 Å². The minimum absolute atomic E-state index is 0.147. The number of carbonyl (C=O) groups is 1. The average Bonchev–Trinajstić information content (AvgIpc) is 3.38. The molecule has 0 aromatic heterocycles. The van der Waals surface area contributed by atoms with Crippen LogP contribution in [0.3, 0.4) is 0 Å². The summed E-state index contributed by atoms with van der Waals surface area (Å²) in [4.78, 5) is 14.9. The van der Waals surface area contributed by atoms with Crippen LogP contribution in [0.5, 0.6) is 5.75 Å². The van der Waals surface area contributed by atoms with Crippen LogP contribution in [0.25, 0.3) is 0 Å². The van der Waals surface area contributed by atoms with Crippen LogP contribution >= 0.6 is 0 Å². The van der Waals surface area contributed by atoms with E-state index >= 15 is 0 Å². The van der Waals surface area contributed by atoms with Gasteiger partial charge in [0.1, 0.15) is 5.75 Å². The molecule has 2 fully saturated rings. The predicted molar refractivity (Wildman–Crippen MR) is 82.2 cm³/mol. The van der Waals surface area contributed by atoms with E-state index in [0.29, 0.717) is 18.5 Å². The van der Waals surface area contributed by atoms with E-state index in [0.717, 1.165) is 50.1 Å². The second-order valence-corrected chi connectivity index (χ2v) is 6.05. The summed E-state index contributed by atoms with van der Waals surface area (Å²) in [5.41, 5.74) is 1.10. The first-order valence-electron chi connectivity index (χ1n) is 7.92. The Morgan fingerprint density at radius 1 is 1.33 bits per heavy atom. The first-order chi connectivity index (χ1) is 10.3. The summed E-state index contributed by atoms with van der Waals surface area (Å²) in [5.74, 6) is 1.34. The van der Waals surface area contributed by atoms with E-state index in [4.69, 9.17) is 4.74 Å². The van der Waals surface area contributed by atoms with Crippen LogP contribution in [0.1, 0.15) is 31.2 Å². The SMILES string of the molecule is COc1ccccc1CN(C(=O)[C@H]1CCCNC1)C1CC1. The molecule has 0 spiro atoms. The van der Waals surface area contributed by atoms with Gasteiger partial charge in [-0.25, -0.2) is 0 Å². The molecule has 1 N–H and O–H groups in total. The molecule has 1 aliphatic heterocycles. The number of piperidine rings is 1. The maximum Gasteiger partial charge on any atom is 0.227 e. The zero-order valence-electron chi connectivity index (χ0n) is 12.7. The second kappa shape index (κ2) is 6.48. The predicted octanol–water partition coefficient (Wildman–Crippen LogP) is 2.19. The Morgan fingerprint density at radius 3 is 2.81 bits per heavy atom. The fourth-order valence-electron chi connectivity index (χ4n) is 3.09. The Kier molecular flexibility index (Phi) is 4.44. The van der Waals surface area contributed by atoms with Crippen molar-refractivity contribution < 1.29 is 9.53 Å². The summed E-state index contributed by atoms with van der Waals surface area (Å²) < 4.78 is 5.42. The van der Waals surface area contributed by atoms with Gasteiger partial charge in [-0.15, -0.1) is 0 Å². The normalized spacial score (nSPS) is 21.9. The van der Waals surface area contributed by atoms with Crippen LogP contribution in [0.2, 0.25) is 0 Å². The number of nitrogens with zero attached hydrogens (tertiary/aromatic N) is 1. The van der Waals surface area contributed by atoms with Crippen LogP contribution < -0.4 is 10.1 Å². The van der Waals surface area contributed by atoms with Crippen molar-refractivity contribution >= 4 is 5.91 Å². The molecule has 2 aliphatic rings. The highest BCUT2D eigenvalue weighted by Crippen LogP contribution is 2.32. The van der Waals surface area contributed by atoms with E-state index in [2.05, 4.69) is 16.3 Å². The van der Waals surface area contributed by atoms with Gasteiger partial charge < -0.3 is 15.0 Å². The summed E-state index contributed by atoms with van der Waals surface area (Å²) in [6.07, 6.45) is 4.40. The van der Waals surface area contributed by atoms with Gasteiger partial charge in [-0.3, -0.25) is 4.79 Å². The average molecular weight is 288 g/mol. The fourth-order valence-corrected chi connectivity index (χ4v) is 3.09. The first kappa shape index (κ1) is 14.4. The number of hydrogen-bond acceptors (Lipinski definition) is 3. The minimum Gasteiger partial charge on any atom is -0.496 e. The number of ether oxygens (including phenoxy) is 1. The molecule has 3 rings (SSSR count). The molecule has 0 radical (unpaired) electrons. The van der Waals surface area contributed by atoms with Crippen LogP contribution in [0.4, 0.5) is 0 Å². The largest absolute Gasteiger partial charge is 0.496 e. The molecule has 1 atom stereocenters. The Hall–Kier alpha value is -1.55.